The molecule has 0 spiro atoms. The smallest absolute Gasteiger partial charge is 0.258 e. The van der Waals surface area contributed by atoms with E-state index in [0.717, 1.165) is 12.1 Å². The molecule has 0 heterocycles. The Morgan fingerprint density at radius 3 is 1.26 bits per heavy atom. The summed E-state index contributed by atoms with van der Waals surface area (Å²) in [6, 6.07) is 3.19. The Hall–Kier alpha value is -3.18. The molecule has 0 radical (unpaired) electrons. The van der Waals surface area contributed by atoms with E-state index in [1.165, 1.54) is 0 Å². The predicted octanol–water partition coefficient (Wildman–Crippen LogP) is 5.13. The van der Waals surface area contributed by atoms with E-state index in [1.54, 1.807) is 0 Å². The second-order valence-electron chi connectivity index (χ2n) is 5.46. The van der Waals surface area contributed by atoms with Crippen molar-refractivity contribution in [1.82, 2.24) is 0 Å². The lowest BCUT2D eigenvalue weighted by Gasteiger charge is -2.11. The molecule has 0 aliphatic heterocycles. The van der Waals surface area contributed by atoms with Gasteiger partial charge in [-0.05, 0) is 29.7 Å². The molecule has 0 aliphatic rings. The first-order valence-corrected chi connectivity index (χ1v) is 6.98. The number of halogens is 6. The molecule has 0 aromatic heterocycles. The van der Waals surface area contributed by atoms with Crippen molar-refractivity contribution in [3.8, 4) is 0 Å². The van der Waals surface area contributed by atoms with E-state index in [-0.39, 0.29) is 23.3 Å². The van der Waals surface area contributed by atoms with E-state index in [1.807, 2.05) is 0 Å². The molecule has 12 heteroatoms. The van der Waals surface area contributed by atoms with Gasteiger partial charge in [0.05, 0.1) is 21.0 Å². The third kappa shape index (κ3) is 4.92. The summed E-state index contributed by atoms with van der Waals surface area (Å²) >= 11 is 0. The number of non-ortho nitro benzene ring substituents is 2. The van der Waals surface area contributed by atoms with Gasteiger partial charge in [0.25, 0.3) is 11.4 Å². The molecule has 2 aromatic rings. The summed E-state index contributed by atoms with van der Waals surface area (Å²) in [5.74, 6) is 0. The number of alkyl halides is 6. The third-order valence-electron chi connectivity index (χ3n) is 3.44. The number of nitrogens with zero attached hydrogens (tertiary/aromatic N) is 2. The lowest BCUT2D eigenvalue weighted by molar-refractivity contribution is -0.385. The summed E-state index contributed by atoms with van der Waals surface area (Å²) in [6.45, 7) is 0. The van der Waals surface area contributed by atoms with Crippen LogP contribution < -0.4 is 0 Å². The minimum absolute atomic E-state index is 0.290. The maximum atomic E-state index is 12.9. The van der Waals surface area contributed by atoms with Gasteiger partial charge in [-0.15, -0.1) is 0 Å². The highest BCUT2D eigenvalue weighted by molar-refractivity contribution is 5.46. The lowest BCUT2D eigenvalue weighted by atomic mass is 9.99. The zero-order valence-corrected chi connectivity index (χ0v) is 13.0. The summed E-state index contributed by atoms with van der Waals surface area (Å²) in [5.41, 5.74) is -5.14. The minimum atomic E-state index is -4.92. The van der Waals surface area contributed by atoms with Gasteiger partial charge in [-0.3, -0.25) is 20.2 Å². The second-order valence-corrected chi connectivity index (χ2v) is 5.46. The molecule has 6 nitrogen and oxygen atoms in total. The minimum Gasteiger partial charge on any atom is -0.258 e. The quantitative estimate of drug-likeness (QED) is 0.409. The topological polar surface area (TPSA) is 86.3 Å². The average molecular weight is 394 g/mol. The van der Waals surface area contributed by atoms with Gasteiger partial charge in [0.2, 0.25) is 0 Å². The Labute approximate surface area is 146 Å². The van der Waals surface area contributed by atoms with E-state index in [0.29, 0.717) is 12.1 Å². The average Bonchev–Trinajstić information content (AvgIpc) is 2.52. The zero-order valence-electron chi connectivity index (χ0n) is 13.0. The molecule has 0 fully saturated rings. The molecule has 2 aromatic carbocycles. The number of hydrogen-bond donors (Lipinski definition) is 0. The molecule has 0 amide bonds. The van der Waals surface area contributed by atoms with Crippen LogP contribution in [0.3, 0.4) is 0 Å². The first-order chi connectivity index (χ1) is 12.3. The Morgan fingerprint density at radius 2 is 1.00 bits per heavy atom. The van der Waals surface area contributed by atoms with Gasteiger partial charge in [-0.25, -0.2) is 0 Å². The molecule has 27 heavy (non-hydrogen) atoms. The van der Waals surface area contributed by atoms with Crippen LogP contribution in [-0.4, -0.2) is 9.85 Å². The van der Waals surface area contributed by atoms with Gasteiger partial charge < -0.3 is 0 Å². The Balaban J connectivity index is 2.56. The van der Waals surface area contributed by atoms with Crippen molar-refractivity contribution >= 4 is 11.4 Å². The van der Waals surface area contributed by atoms with Crippen LogP contribution in [0.5, 0.6) is 0 Å². The largest absolute Gasteiger partial charge is 0.416 e. The van der Waals surface area contributed by atoms with E-state index >= 15 is 0 Å². The Kier molecular flexibility index (Phi) is 5.11. The van der Waals surface area contributed by atoms with Crippen LogP contribution in [-0.2, 0) is 18.8 Å². The van der Waals surface area contributed by atoms with Gasteiger partial charge in [-0.1, -0.05) is 0 Å². The van der Waals surface area contributed by atoms with Crippen LogP contribution in [0, 0.1) is 20.2 Å². The Bertz CT molecular complexity index is 835. The van der Waals surface area contributed by atoms with Crippen LogP contribution in [0.2, 0.25) is 0 Å². The van der Waals surface area contributed by atoms with Gasteiger partial charge in [-0.2, -0.15) is 26.3 Å². The summed E-state index contributed by atoms with van der Waals surface area (Å²) in [6.07, 6.45) is -10.4. The number of nitro benzene ring substituents is 2. The fraction of sp³-hybridized carbons (Fsp3) is 0.200. The van der Waals surface area contributed by atoms with Crippen LogP contribution in [0.4, 0.5) is 37.7 Å². The van der Waals surface area contributed by atoms with Crippen molar-refractivity contribution in [2.45, 2.75) is 18.8 Å². The molecule has 0 bridgehead atoms. The van der Waals surface area contributed by atoms with E-state index in [9.17, 15) is 46.6 Å². The van der Waals surface area contributed by atoms with Crippen molar-refractivity contribution in [2.75, 3.05) is 0 Å². The highest BCUT2D eigenvalue weighted by atomic mass is 19.4. The van der Waals surface area contributed by atoms with Gasteiger partial charge in [0.15, 0.2) is 0 Å². The SMILES string of the molecule is O=[N+]([O-])c1cc(Cc2cc([N+](=O)[O-])cc(C(F)(F)F)c2)cc(C(F)(F)F)c1. The maximum absolute atomic E-state index is 12.9. The summed E-state index contributed by atoms with van der Waals surface area (Å²) in [7, 11) is 0. The van der Waals surface area contributed by atoms with Crippen molar-refractivity contribution in [3.05, 3.63) is 78.9 Å². The fourth-order valence-electron chi connectivity index (χ4n) is 2.33. The maximum Gasteiger partial charge on any atom is 0.416 e. The van der Waals surface area contributed by atoms with Gasteiger partial charge in [0, 0.05) is 24.3 Å². The molecule has 0 atom stereocenters. The van der Waals surface area contributed by atoms with E-state index in [2.05, 4.69) is 0 Å². The molecule has 0 saturated heterocycles. The van der Waals surface area contributed by atoms with Crippen LogP contribution in [0.15, 0.2) is 36.4 Å². The van der Waals surface area contributed by atoms with Crippen molar-refractivity contribution < 1.29 is 36.2 Å². The summed E-state index contributed by atoms with van der Waals surface area (Å²) in [4.78, 5) is 19.5. The fourth-order valence-corrected chi connectivity index (χ4v) is 2.33. The lowest BCUT2D eigenvalue weighted by Crippen LogP contribution is -2.08. The van der Waals surface area contributed by atoms with Gasteiger partial charge >= 0.3 is 12.4 Å². The second kappa shape index (κ2) is 6.85. The molecule has 0 aliphatic carbocycles. The zero-order chi connectivity index (χ0) is 20.6. The van der Waals surface area contributed by atoms with E-state index in [4.69, 9.17) is 0 Å². The van der Waals surface area contributed by atoms with Crippen molar-refractivity contribution in [1.29, 1.82) is 0 Å². The molecular weight excluding hydrogens is 386 g/mol. The highest BCUT2D eigenvalue weighted by Gasteiger charge is 2.34. The van der Waals surface area contributed by atoms with Crippen LogP contribution in [0.1, 0.15) is 22.3 Å². The van der Waals surface area contributed by atoms with Crippen molar-refractivity contribution in [3.63, 3.8) is 0 Å². The number of nitro groups is 2. The summed E-state index contributed by atoms with van der Waals surface area (Å²) in [5, 5.41) is 21.6. The predicted molar refractivity (Wildman–Crippen MR) is 79.0 cm³/mol. The van der Waals surface area contributed by atoms with Crippen LogP contribution >= 0.6 is 0 Å². The van der Waals surface area contributed by atoms with Crippen molar-refractivity contribution in [2.24, 2.45) is 0 Å². The number of benzene rings is 2. The molecule has 144 valence electrons. The molecular formula is C15H8F6N2O4. The molecule has 0 N–H and O–H groups in total. The van der Waals surface area contributed by atoms with E-state index < -0.39 is 51.1 Å². The molecule has 2 rings (SSSR count). The third-order valence-corrected chi connectivity index (χ3v) is 3.44. The Morgan fingerprint density at radius 1 is 0.667 bits per heavy atom. The number of rotatable bonds is 4. The monoisotopic (exact) mass is 394 g/mol. The highest BCUT2D eigenvalue weighted by Crippen LogP contribution is 2.35. The molecule has 0 saturated carbocycles. The number of hydrogen-bond acceptors (Lipinski definition) is 4. The normalized spacial score (nSPS) is 12.1. The standard InChI is InChI=1S/C15H8F6N2O4/c16-14(17,18)10-2-8(4-12(6-10)22(24)25)1-9-3-11(15(19,20)21)7-13(5-9)23(26)27/h2-7H,1H2. The summed E-state index contributed by atoms with van der Waals surface area (Å²) < 4.78 is 77.3. The van der Waals surface area contributed by atoms with Crippen LogP contribution in [0.25, 0.3) is 0 Å². The first-order valence-electron chi connectivity index (χ1n) is 6.98. The molecule has 0 unspecified atom stereocenters. The first kappa shape index (κ1) is 20.1. The van der Waals surface area contributed by atoms with Gasteiger partial charge in [0.1, 0.15) is 0 Å².